The molecule has 0 radical (unpaired) electrons. The number of hydrogen-bond acceptors (Lipinski definition) is 7. The predicted octanol–water partition coefficient (Wildman–Crippen LogP) is 1.86. The maximum absolute atomic E-state index is 13.7. The van der Waals surface area contributed by atoms with Crippen molar-refractivity contribution in [1.29, 1.82) is 0 Å². The van der Waals surface area contributed by atoms with Gasteiger partial charge in [0.25, 0.3) is 5.91 Å². The molecule has 1 aliphatic heterocycles. The molecule has 4 aliphatic rings. The zero-order valence-electron chi connectivity index (χ0n) is 16.9. The number of fused-ring (bicyclic) bond motifs is 3. The van der Waals surface area contributed by atoms with Crippen molar-refractivity contribution in [2.45, 2.75) is 50.2 Å². The van der Waals surface area contributed by atoms with Gasteiger partial charge in [0.1, 0.15) is 0 Å². The number of carbonyl (C=O) groups is 1. The van der Waals surface area contributed by atoms with Crippen molar-refractivity contribution in [3.05, 3.63) is 17.5 Å². The Morgan fingerprint density at radius 3 is 2.23 bits per heavy atom. The van der Waals surface area contributed by atoms with Crippen molar-refractivity contribution in [2.24, 2.45) is 5.41 Å². The number of aliphatic hydroxyl groups is 1. The molecule has 12 heteroatoms. The Labute approximate surface area is 178 Å². The Kier molecular flexibility index (Phi) is 5.44. The highest BCUT2D eigenvalue weighted by Crippen LogP contribution is 2.53. The van der Waals surface area contributed by atoms with Crippen LogP contribution in [0.4, 0.5) is 19.1 Å². The summed E-state index contributed by atoms with van der Waals surface area (Å²) < 4.78 is 64.3. The average molecular weight is 462 g/mol. The number of rotatable bonds is 4. The van der Waals surface area contributed by atoms with Crippen LogP contribution in [0.5, 0.6) is 0 Å². The van der Waals surface area contributed by atoms with Crippen LogP contribution in [0.25, 0.3) is 0 Å². The Morgan fingerprint density at radius 2 is 1.71 bits per heavy atom. The molecule has 172 valence electrons. The first kappa shape index (κ1) is 22.3. The summed E-state index contributed by atoms with van der Waals surface area (Å²) >= 11 is 0. The number of aromatic nitrogens is 2. The van der Waals surface area contributed by atoms with Gasteiger partial charge >= 0.3 is 6.18 Å². The van der Waals surface area contributed by atoms with Crippen molar-refractivity contribution in [1.82, 2.24) is 14.9 Å². The van der Waals surface area contributed by atoms with Gasteiger partial charge < -0.3 is 15.3 Å². The Balaban J connectivity index is 1.56. The summed E-state index contributed by atoms with van der Waals surface area (Å²) in [6.45, 7) is -0.200. The van der Waals surface area contributed by atoms with Gasteiger partial charge in [0, 0.05) is 31.4 Å². The summed E-state index contributed by atoms with van der Waals surface area (Å²) in [4.78, 5) is 21.4. The molecule has 1 amide bonds. The van der Waals surface area contributed by atoms with E-state index in [1.165, 1.54) is 0 Å². The standard InChI is InChI=1S/C19H25F3N4O4S/c20-19(21,22)14-13(15(28)26-7-9-31(29,30)10-8-26)11-23-16(24-14)25-18-4-1-17(12-27,2-5-18)3-6-18/h11,27H,1-10,12H2,(H,23,24,25). The van der Waals surface area contributed by atoms with Crippen LogP contribution in [0.3, 0.4) is 0 Å². The normalized spacial score (nSPS) is 30.3. The third-order valence-electron chi connectivity index (χ3n) is 7.03. The zero-order chi connectivity index (χ0) is 22.5. The fourth-order valence-electron chi connectivity index (χ4n) is 4.83. The molecular weight excluding hydrogens is 437 g/mol. The van der Waals surface area contributed by atoms with E-state index in [0.29, 0.717) is 19.3 Å². The van der Waals surface area contributed by atoms with Gasteiger partial charge in [-0.3, -0.25) is 4.79 Å². The van der Waals surface area contributed by atoms with Gasteiger partial charge in [-0.05, 0) is 43.9 Å². The lowest BCUT2D eigenvalue weighted by molar-refractivity contribution is -0.141. The smallest absolute Gasteiger partial charge is 0.396 e. The number of hydrogen-bond donors (Lipinski definition) is 2. The van der Waals surface area contributed by atoms with Gasteiger partial charge in [0.2, 0.25) is 5.95 Å². The van der Waals surface area contributed by atoms with Crippen LogP contribution < -0.4 is 5.32 Å². The van der Waals surface area contributed by atoms with Crippen LogP contribution in [0.15, 0.2) is 6.20 Å². The lowest BCUT2D eigenvalue weighted by atomic mass is 9.57. The molecule has 0 unspecified atom stereocenters. The molecule has 1 aromatic rings. The summed E-state index contributed by atoms with van der Waals surface area (Å²) in [6.07, 6.45) is 0.508. The second kappa shape index (κ2) is 7.58. The van der Waals surface area contributed by atoms with Crippen LogP contribution in [0.2, 0.25) is 0 Å². The number of nitrogens with one attached hydrogen (secondary N) is 1. The second-order valence-electron chi connectivity index (χ2n) is 8.96. The van der Waals surface area contributed by atoms with Crippen LogP contribution in [-0.2, 0) is 16.0 Å². The summed E-state index contributed by atoms with van der Waals surface area (Å²) in [5, 5.41) is 12.7. The number of aliphatic hydroxyl groups excluding tert-OH is 1. The molecule has 8 nitrogen and oxygen atoms in total. The first-order chi connectivity index (χ1) is 14.5. The van der Waals surface area contributed by atoms with Crippen LogP contribution in [0, 0.1) is 5.41 Å². The van der Waals surface area contributed by atoms with E-state index in [1.54, 1.807) is 0 Å². The molecule has 31 heavy (non-hydrogen) atoms. The Bertz CT molecular complexity index is 944. The highest BCUT2D eigenvalue weighted by molar-refractivity contribution is 7.91. The molecule has 3 aliphatic carbocycles. The highest BCUT2D eigenvalue weighted by Gasteiger charge is 2.49. The highest BCUT2D eigenvalue weighted by atomic mass is 32.2. The largest absolute Gasteiger partial charge is 0.434 e. The summed E-state index contributed by atoms with van der Waals surface area (Å²) in [5.41, 5.74) is -2.50. The van der Waals surface area contributed by atoms with Gasteiger partial charge in [-0.25, -0.2) is 18.4 Å². The van der Waals surface area contributed by atoms with Gasteiger partial charge in [-0.2, -0.15) is 13.2 Å². The number of alkyl halides is 3. The van der Waals surface area contributed by atoms with Crippen molar-refractivity contribution < 1.29 is 31.5 Å². The van der Waals surface area contributed by atoms with E-state index in [1.807, 2.05) is 0 Å². The van der Waals surface area contributed by atoms with Crippen molar-refractivity contribution in [3.63, 3.8) is 0 Å². The number of nitrogens with zero attached hydrogens (tertiary/aromatic N) is 3. The molecule has 4 fully saturated rings. The number of anilines is 1. The molecule has 5 rings (SSSR count). The van der Waals surface area contributed by atoms with E-state index in [2.05, 4.69) is 15.3 Å². The molecule has 2 bridgehead atoms. The fraction of sp³-hybridized carbons (Fsp3) is 0.737. The first-order valence-corrected chi connectivity index (χ1v) is 12.1. The summed E-state index contributed by atoms with van der Waals surface area (Å²) in [5.74, 6) is -1.66. The molecule has 2 N–H and O–H groups in total. The van der Waals surface area contributed by atoms with Crippen molar-refractivity contribution in [2.75, 3.05) is 36.5 Å². The molecule has 0 atom stereocenters. The lowest BCUT2D eigenvalue weighted by Gasteiger charge is -2.53. The van der Waals surface area contributed by atoms with Gasteiger partial charge in [-0.1, -0.05) is 0 Å². The quantitative estimate of drug-likeness (QED) is 0.702. The minimum absolute atomic E-state index is 0.0837. The van der Waals surface area contributed by atoms with Crippen LogP contribution >= 0.6 is 0 Å². The van der Waals surface area contributed by atoms with Gasteiger partial charge in [-0.15, -0.1) is 0 Å². The van der Waals surface area contributed by atoms with Crippen LogP contribution in [-0.4, -0.2) is 71.0 Å². The molecule has 0 aromatic carbocycles. The third kappa shape index (κ3) is 4.36. The molecular formula is C19H25F3N4O4S. The summed E-state index contributed by atoms with van der Waals surface area (Å²) in [6, 6.07) is 0. The molecule has 0 spiro atoms. The molecule has 2 heterocycles. The second-order valence-corrected chi connectivity index (χ2v) is 11.3. The fourth-order valence-corrected chi connectivity index (χ4v) is 6.03. The molecule has 3 saturated carbocycles. The predicted molar refractivity (Wildman–Crippen MR) is 105 cm³/mol. The average Bonchev–Trinajstić information content (AvgIpc) is 2.74. The molecule has 1 aromatic heterocycles. The first-order valence-electron chi connectivity index (χ1n) is 10.3. The lowest BCUT2D eigenvalue weighted by Crippen LogP contribution is -2.52. The maximum atomic E-state index is 13.7. The summed E-state index contributed by atoms with van der Waals surface area (Å²) in [7, 11) is -3.28. The van der Waals surface area contributed by atoms with Crippen molar-refractivity contribution in [3.8, 4) is 0 Å². The van der Waals surface area contributed by atoms with Gasteiger partial charge in [0.15, 0.2) is 15.5 Å². The van der Waals surface area contributed by atoms with E-state index in [9.17, 15) is 31.5 Å². The number of amides is 1. The third-order valence-corrected chi connectivity index (χ3v) is 8.64. The number of halogens is 3. The SMILES string of the molecule is O=C(c1cnc(NC23CCC(CO)(CC2)CC3)nc1C(F)(F)F)N1CCS(=O)(=O)CC1. The van der Waals surface area contributed by atoms with E-state index < -0.39 is 38.7 Å². The van der Waals surface area contributed by atoms with E-state index >= 15 is 0 Å². The van der Waals surface area contributed by atoms with Crippen LogP contribution in [0.1, 0.15) is 54.6 Å². The maximum Gasteiger partial charge on any atom is 0.434 e. The van der Waals surface area contributed by atoms with Gasteiger partial charge in [0.05, 0.1) is 17.1 Å². The number of carbonyl (C=O) groups excluding carboxylic acids is 1. The van der Waals surface area contributed by atoms with E-state index in [4.69, 9.17) is 0 Å². The Hall–Kier alpha value is -1.95. The zero-order valence-corrected chi connectivity index (χ0v) is 17.7. The monoisotopic (exact) mass is 462 g/mol. The minimum atomic E-state index is -4.87. The molecule has 1 saturated heterocycles. The Morgan fingerprint density at radius 1 is 1.13 bits per heavy atom. The van der Waals surface area contributed by atoms with E-state index in [0.717, 1.165) is 30.4 Å². The minimum Gasteiger partial charge on any atom is -0.396 e. The number of sulfone groups is 1. The van der Waals surface area contributed by atoms with E-state index in [-0.39, 0.29) is 42.6 Å². The van der Waals surface area contributed by atoms with Crippen molar-refractivity contribution >= 4 is 21.7 Å². The topological polar surface area (TPSA) is 112 Å².